The first-order chi connectivity index (χ1) is 7.15. The molecule has 0 aromatic carbocycles. The van der Waals surface area contributed by atoms with Gasteiger partial charge in [-0.2, -0.15) is 0 Å². The van der Waals surface area contributed by atoms with Gasteiger partial charge in [0.05, 0.1) is 12.6 Å². The van der Waals surface area contributed by atoms with Gasteiger partial charge in [-0.15, -0.1) is 11.3 Å². The summed E-state index contributed by atoms with van der Waals surface area (Å²) in [5.74, 6) is -0.00736. The van der Waals surface area contributed by atoms with E-state index in [0.717, 1.165) is 17.8 Å². The van der Waals surface area contributed by atoms with E-state index >= 15 is 0 Å². The van der Waals surface area contributed by atoms with Crippen LogP contribution in [0.2, 0.25) is 0 Å². The van der Waals surface area contributed by atoms with Crippen LogP contribution in [-0.4, -0.2) is 28.9 Å². The summed E-state index contributed by atoms with van der Waals surface area (Å²) in [7, 11) is 1.76. The molecule has 0 aliphatic heterocycles. The summed E-state index contributed by atoms with van der Waals surface area (Å²) in [5.41, 5.74) is 5.75. The number of hydrogen-bond donors (Lipinski definition) is 1. The SMILES string of the molecule is CCCC(N)C(=O)N(C)Cc1nccs1. The fraction of sp³-hybridized carbons (Fsp3) is 0.600. The minimum atomic E-state index is -0.375. The number of thiazole rings is 1. The maximum Gasteiger partial charge on any atom is 0.239 e. The summed E-state index contributed by atoms with van der Waals surface area (Å²) in [6, 6.07) is -0.375. The molecule has 1 heterocycles. The summed E-state index contributed by atoms with van der Waals surface area (Å²) in [6.07, 6.45) is 3.41. The van der Waals surface area contributed by atoms with Crippen molar-refractivity contribution in [3.05, 3.63) is 16.6 Å². The molecule has 0 aliphatic rings. The fourth-order valence-electron chi connectivity index (χ4n) is 1.33. The lowest BCUT2D eigenvalue weighted by atomic mass is 10.1. The molecule has 15 heavy (non-hydrogen) atoms. The average molecular weight is 227 g/mol. The smallest absolute Gasteiger partial charge is 0.239 e. The van der Waals surface area contributed by atoms with E-state index in [1.807, 2.05) is 12.3 Å². The molecular weight excluding hydrogens is 210 g/mol. The van der Waals surface area contributed by atoms with E-state index in [1.165, 1.54) is 0 Å². The molecule has 0 bridgehead atoms. The van der Waals surface area contributed by atoms with E-state index in [0.29, 0.717) is 6.54 Å². The Morgan fingerprint density at radius 1 is 1.73 bits per heavy atom. The van der Waals surface area contributed by atoms with Crippen LogP contribution in [0, 0.1) is 0 Å². The number of hydrogen-bond acceptors (Lipinski definition) is 4. The summed E-state index contributed by atoms with van der Waals surface area (Å²) in [4.78, 5) is 17.5. The van der Waals surface area contributed by atoms with Crippen LogP contribution in [-0.2, 0) is 11.3 Å². The van der Waals surface area contributed by atoms with E-state index in [9.17, 15) is 4.79 Å². The molecule has 2 N–H and O–H groups in total. The molecule has 1 atom stereocenters. The van der Waals surface area contributed by atoms with E-state index < -0.39 is 0 Å². The Morgan fingerprint density at radius 3 is 3.00 bits per heavy atom. The van der Waals surface area contributed by atoms with Crippen LogP contribution in [0.3, 0.4) is 0 Å². The highest BCUT2D eigenvalue weighted by Gasteiger charge is 2.17. The van der Waals surface area contributed by atoms with Crippen molar-refractivity contribution in [2.45, 2.75) is 32.4 Å². The van der Waals surface area contributed by atoms with Crippen LogP contribution >= 0.6 is 11.3 Å². The van der Waals surface area contributed by atoms with Crippen LogP contribution in [0.15, 0.2) is 11.6 Å². The third-order valence-corrected chi connectivity index (χ3v) is 2.91. The Labute approximate surface area is 94.1 Å². The number of nitrogens with two attached hydrogens (primary N) is 1. The zero-order valence-electron chi connectivity index (χ0n) is 9.14. The monoisotopic (exact) mass is 227 g/mol. The van der Waals surface area contributed by atoms with Gasteiger partial charge < -0.3 is 10.6 Å². The molecule has 1 amide bonds. The van der Waals surface area contributed by atoms with Gasteiger partial charge in [0.1, 0.15) is 5.01 Å². The van der Waals surface area contributed by atoms with Crippen LogP contribution < -0.4 is 5.73 Å². The standard InChI is InChI=1S/C10H17N3OS/c1-3-4-8(11)10(14)13(2)7-9-12-5-6-15-9/h5-6,8H,3-4,7,11H2,1-2H3. The van der Waals surface area contributed by atoms with Crippen LogP contribution in [0.5, 0.6) is 0 Å². The van der Waals surface area contributed by atoms with Gasteiger partial charge in [-0.05, 0) is 6.42 Å². The van der Waals surface area contributed by atoms with Crippen molar-refractivity contribution in [2.24, 2.45) is 5.73 Å². The highest BCUT2D eigenvalue weighted by atomic mass is 32.1. The molecule has 1 aromatic rings. The lowest BCUT2D eigenvalue weighted by Crippen LogP contribution is -2.41. The molecule has 0 saturated carbocycles. The third-order valence-electron chi connectivity index (χ3n) is 2.15. The molecule has 1 rings (SSSR count). The average Bonchev–Trinajstić information content (AvgIpc) is 2.69. The predicted octanol–water partition coefficient (Wildman–Crippen LogP) is 1.23. The molecule has 84 valence electrons. The normalized spacial score (nSPS) is 12.5. The van der Waals surface area contributed by atoms with Crippen molar-refractivity contribution in [3.63, 3.8) is 0 Å². The number of aromatic nitrogens is 1. The zero-order valence-corrected chi connectivity index (χ0v) is 9.96. The van der Waals surface area contributed by atoms with E-state index in [2.05, 4.69) is 4.98 Å². The van der Waals surface area contributed by atoms with Crippen LogP contribution in [0.25, 0.3) is 0 Å². The van der Waals surface area contributed by atoms with Gasteiger partial charge in [0.15, 0.2) is 0 Å². The number of rotatable bonds is 5. The van der Waals surface area contributed by atoms with Gasteiger partial charge >= 0.3 is 0 Å². The van der Waals surface area contributed by atoms with Crippen molar-refractivity contribution < 1.29 is 4.79 Å². The quantitative estimate of drug-likeness (QED) is 0.823. The van der Waals surface area contributed by atoms with E-state index in [-0.39, 0.29) is 11.9 Å². The maximum atomic E-state index is 11.7. The Kier molecular flexibility index (Phi) is 4.71. The molecule has 1 aromatic heterocycles. The first-order valence-corrected chi connectivity index (χ1v) is 5.92. The molecule has 0 radical (unpaired) electrons. The Balaban J connectivity index is 2.46. The maximum absolute atomic E-state index is 11.7. The summed E-state index contributed by atoms with van der Waals surface area (Å²) < 4.78 is 0. The number of nitrogens with zero attached hydrogens (tertiary/aromatic N) is 2. The molecular formula is C10H17N3OS. The molecule has 5 heteroatoms. The number of carbonyl (C=O) groups is 1. The highest BCUT2D eigenvalue weighted by Crippen LogP contribution is 2.08. The summed E-state index contributed by atoms with van der Waals surface area (Å²) >= 11 is 1.55. The molecule has 1 unspecified atom stereocenters. The van der Waals surface area contributed by atoms with Gasteiger partial charge in [-0.3, -0.25) is 4.79 Å². The molecule has 0 spiro atoms. The topological polar surface area (TPSA) is 59.2 Å². The van der Waals surface area contributed by atoms with Crippen LogP contribution in [0.4, 0.5) is 0 Å². The number of likely N-dealkylation sites (N-methyl/N-ethyl adjacent to an activating group) is 1. The second kappa shape index (κ2) is 5.82. The lowest BCUT2D eigenvalue weighted by Gasteiger charge is -2.19. The van der Waals surface area contributed by atoms with Crippen molar-refractivity contribution >= 4 is 17.2 Å². The Morgan fingerprint density at radius 2 is 2.47 bits per heavy atom. The van der Waals surface area contributed by atoms with Crippen molar-refractivity contribution in [3.8, 4) is 0 Å². The molecule has 4 nitrogen and oxygen atoms in total. The van der Waals surface area contributed by atoms with Gasteiger partial charge in [0.2, 0.25) is 5.91 Å². The van der Waals surface area contributed by atoms with Gasteiger partial charge in [0, 0.05) is 18.6 Å². The number of carbonyl (C=O) groups excluding carboxylic acids is 1. The minimum Gasteiger partial charge on any atom is -0.338 e. The molecule has 0 fully saturated rings. The predicted molar refractivity (Wildman–Crippen MR) is 61.5 cm³/mol. The first-order valence-electron chi connectivity index (χ1n) is 5.04. The van der Waals surface area contributed by atoms with Gasteiger partial charge in [0.25, 0.3) is 0 Å². The largest absolute Gasteiger partial charge is 0.338 e. The van der Waals surface area contributed by atoms with Gasteiger partial charge in [-0.1, -0.05) is 13.3 Å². The van der Waals surface area contributed by atoms with Crippen molar-refractivity contribution in [1.82, 2.24) is 9.88 Å². The highest BCUT2D eigenvalue weighted by molar-refractivity contribution is 7.09. The minimum absolute atomic E-state index is 0.00736. The third kappa shape index (κ3) is 3.60. The van der Waals surface area contributed by atoms with Crippen LogP contribution in [0.1, 0.15) is 24.8 Å². The first kappa shape index (κ1) is 12.1. The zero-order chi connectivity index (χ0) is 11.3. The van der Waals surface area contributed by atoms with Crippen molar-refractivity contribution in [2.75, 3.05) is 7.05 Å². The second-order valence-electron chi connectivity index (χ2n) is 3.52. The number of amides is 1. The van der Waals surface area contributed by atoms with Crippen molar-refractivity contribution in [1.29, 1.82) is 0 Å². The summed E-state index contributed by atoms with van der Waals surface area (Å²) in [6.45, 7) is 2.57. The fourth-order valence-corrected chi connectivity index (χ4v) is 2.00. The van der Waals surface area contributed by atoms with E-state index in [4.69, 9.17) is 5.73 Å². The molecule has 0 aliphatic carbocycles. The lowest BCUT2D eigenvalue weighted by molar-refractivity contribution is -0.131. The Bertz CT molecular complexity index is 300. The molecule has 0 saturated heterocycles. The second-order valence-corrected chi connectivity index (χ2v) is 4.49. The summed E-state index contributed by atoms with van der Waals surface area (Å²) in [5, 5.41) is 2.84. The van der Waals surface area contributed by atoms with Gasteiger partial charge in [-0.25, -0.2) is 4.98 Å². The van der Waals surface area contributed by atoms with E-state index in [1.54, 1.807) is 29.5 Å². The Hall–Kier alpha value is -0.940.